The number of fused-ring (bicyclic) bond motifs is 1. The maximum Gasteiger partial charge on any atom is 0.345 e. The largest absolute Gasteiger partial charge is 0.405 e. The van der Waals surface area contributed by atoms with Gasteiger partial charge in [0.05, 0.1) is 70.0 Å². The lowest BCUT2D eigenvalue weighted by molar-refractivity contribution is 0.00659. The molecule has 0 saturated heterocycles. The van der Waals surface area contributed by atoms with Crippen LogP contribution in [0.2, 0.25) is 0 Å². The third kappa shape index (κ3) is 6.12. The number of aromatic nitrogens is 1. The normalized spacial score (nSPS) is 11.0. The summed E-state index contributed by atoms with van der Waals surface area (Å²) in [5.41, 5.74) is 0.596. The molecular formula is C23H24N2O7. The number of aliphatic hydroxyl groups is 1. The van der Waals surface area contributed by atoms with Crippen LogP contribution < -0.4 is 11.2 Å². The molecule has 168 valence electrons. The molecule has 1 N–H and O–H groups in total. The highest BCUT2D eigenvalue weighted by Crippen LogP contribution is 2.21. The van der Waals surface area contributed by atoms with E-state index in [1.807, 2.05) is 6.07 Å². The number of pyridine rings is 1. The van der Waals surface area contributed by atoms with Gasteiger partial charge in [0.15, 0.2) is 0 Å². The highest BCUT2D eigenvalue weighted by molar-refractivity contribution is 5.79. The lowest BCUT2D eigenvalue weighted by Gasteiger charge is -2.10. The standard InChI is InChI=1S/C23H24N2O7/c24-16-17-2-1-3-18(14-17)20-15-19-4-5-21(27)25(22(19)32-23(20)28)6-8-29-10-12-31-13-11-30-9-7-26/h1-5,14-15,26H,6-13H2. The van der Waals surface area contributed by atoms with Crippen molar-refractivity contribution in [2.24, 2.45) is 0 Å². The van der Waals surface area contributed by atoms with Crippen LogP contribution in [0.1, 0.15) is 5.56 Å². The van der Waals surface area contributed by atoms with Gasteiger partial charge in [0.2, 0.25) is 5.71 Å². The van der Waals surface area contributed by atoms with E-state index in [-0.39, 0.29) is 37.6 Å². The van der Waals surface area contributed by atoms with E-state index in [0.717, 1.165) is 0 Å². The van der Waals surface area contributed by atoms with Gasteiger partial charge in [-0.15, -0.1) is 0 Å². The average Bonchev–Trinajstić information content (AvgIpc) is 2.81. The van der Waals surface area contributed by atoms with Crippen molar-refractivity contribution in [3.63, 3.8) is 0 Å². The zero-order valence-electron chi connectivity index (χ0n) is 17.5. The van der Waals surface area contributed by atoms with Gasteiger partial charge in [-0.3, -0.25) is 9.36 Å². The molecule has 0 aliphatic carbocycles. The summed E-state index contributed by atoms with van der Waals surface area (Å²) in [6, 6.07) is 13.4. The van der Waals surface area contributed by atoms with Crippen LogP contribution in [0.25, 0.3) is 22.2 Å². The van der Waals surface area contributed by atoms with Crippen LogP contribution >= 0.6 is 0 Å². The minimum Gasteiger partial charge on any atom is -0.405 e. The Morgan fingerprint density at radius 1 is 0.938 bits per heavy atom. The molecule has 0 aliphatic heterocycles. The van der Waals surface area contributed by atoms with Crippen molar-refractivity contribution in [2.45, 2.75) is 6.54 Å². The van der Waals surface area contributed by atoms with E-state index in [1.165, 1.54) is 10.6 Å². The summed E-state index contributed by atoms with van der Waals surface area (Å²) in [4.78, 5) is 24.9. The Labute approximate surface area is 184 Å². The van der Waals surface area contributed by atoms with Crippen LogP contribution in [0.15, 0.2) is 56.5 Å². The van der Waals surface area contributed by atoms with E-state index >= 15 is 0 Å². The third-order valence-electron chi connectivity index (χ3n) is 4.61. The summed E-state index contributed by atoms with van der Waals surface area (Å²) in [7, 11) is 0. The first-order valence-electron chi connectivity index (χ1n) is 10.2. The van der Waals surface area contributed by atoms with E-state index in [0.29, 0.717) is 48.5 Å². The third-order valence-corrected chi connectivity index (χ3v) is 4.61. The molecule has 0 bridgehead atoms. The van der Waals surface area contributed by atoms with E-state index in [4.69, 9.17) is 29.0 Å². The van der Waals surface area contributed by atoms with Gasteiger partial charge in [0, 0.05) is 11.5 Å². The fraction of sp³-hybridized carbons (Fsp3) is 0.348. The highest BCUT2D eigenvalue weighted by Gasteiger charge is 2.12. The monoisotopic (exact) mass is 440 g/mol. The van der Waals surface area contributed by atoms with Gasteiger partial charge in [0.1, 0.15) is 0 Å². The number of rotatable bonds is 12. The fourth-order valence-corrected chi connectivity index (χ4v) is 3.09. The van der Waals surface area contributed by atoms with Crippen molar-refractivity contribution < 1.29 is 23.7 Å². The zero-order chi connectivity index (χ0) is 22.8. The molecule has 0 aliphatic rings. The number of aliphatic hydroxyl groups excluding tert-OH is 1. The molecule has 0 saturated carbocycles. The number of hydrogen-bond acceptors (Lipinski definition) is 8. The van der Waals surface area contributed by atoms with Crippen LogP contribution in [0.3, 0.4) is 0 Å². The van der Waals surface area contributed by atoms with Crippen LogP contribution in [-0.4, -0.2) is 55.9 Å². The number of nitriles is 1. The van der Waals surface area contributed by atoms with Gasteiger partial charge in [0.25, 0.3) is 5.56 Å². The molecule has 0 amide bonds. The second-order valence-electron chi connectivity index (χ2n) is 6.78. The molecule has 1 aromatic carbocycles. The summed E-state index contributed by atoms with van der Waals surface area (Å²) in [6.07, 6.45) is 0. The summed E-state index contributed by atoms with van der Waals surface area (Å²) < 4.78 is 22.8. The first-order chi connectivity index (χ1) is 15.6. The van der Waals surface area contributed by atoms with Gasteiger partial charge in [-0.05, 0) is 29.8 Å². The SMILES string of the molecule is N#Cc1cccc(-c2cc3ccc(=O)n(CCOCCOCCOCCO)c3oc2=O)c1. The van der Waals surface area contributed by atoms with Gasteiger partial charge in [-0.1, -0.05) is 12.1 Å². The summed E-state index contributed by atoms with van der Waals surface area (Å²) in [5.74, 6) is 0. The van der Waals surface area contributed by atoms with Crippen molar-refractivity contribution in [1.29, 1.82) is 5.26 Å². The predicted octanol–water partition coefficient (Wildman–Crippen LogP) is 1.54. The second-order valence-corrected chi connectivity index (χ2v) is 6.78. The van der Waals surface area contributed by atoms with Crippen molar-refractivity contribution in [3.05, 3.63) is 68.8 Å². The molecule has 0 radical (unpaired) electrons. The number of ether oxygens (including phenoxy) is 3. The van der Waals surface area contributed by atoms with Gasteiger partial charge in [-0.2, -0.15) is 5.26 Å². The molecule has 0 fully saturated rings. The van der Waals surface area contributed by atoms with Crippen molar-refractivity contribution in [1.82, 2.24) is 4.57 Å². The Morgan fingerprint density at radius 3 is 2.38 bits per heavy atom. The number of benzene rings is 1. The molecule has 3 aromatic rings. The Hall–Kier alpha value is -3.29. The molecule has 0 unspecified atom stereocenters. The summed E-state index contributed by atoms with van der Waals surface area (Å²) in [5, 5.41) is 18.3. The Kier molecular flexibility index (Phi) is 8.71. The van der Waals surface area contributed by atoms with Crippen molar-refractivity contribution in [3.8, 4) is 17.2 Å². The van der Waals surface area contributed by atoms with E-state index < -0.39 is 5.63 Å². The first-order valence-corrected chi connectivity index (χ1v) is 10.2. The van der Waals surface area contributed by atoms with Crippen LogP contribution in [-0.2, 0) is 20.8 Å². The maximum atomic E-state index is 12.6. The van der Waals surface area contributed by atoms with Gasteiger partial charge >= 0.3 is 5.63 Å². The predicted molar refractivity (Wildman–Crippen MR) is 116 cm³/mol. The molecule has 9 nitrogen and oxygen atoms in total. The van der Waals surface area contributed by atoms with E-state index in [2.05, 4.69) is 0 Å². The van der Waals surface area contributed by atoms with E-state index in [9.17, 15) is 9.59 Å². The van der Waals surface area contributed by atoms with Crippen LogP contribution in [0, 0.1) is 11.3 Å². The molecule has 9 heteroatoms. The maximum absolute atomic E-state index is 12.6. The average molecular weight is 440 g/mol. The summed E-state index contributed by atoms with van der Waals surface area (Å²) in [6.45, 7) is 2.21. The molecule has 3 rings (SSSR count). The second kappa shape index (κ2) is 11.9. The minimum absolute atomic E-state index is 0.0214. The van der Waals surface area contributed by atoms with Gasteiger partial charge < -0.3 is 23.7 Å². The zero-order valence-corrected chi connectivity index (χ0v) is 17.5. The molecular weight excluding hydrogens is 416 g/mol. The Bertz CT molecular complexity index is 1190. The van der Waals surface area contributed by atoms with Crippen molar-refractivity contribution >= 4 is 11.1 Å². The smallest absolute Gasteiger partial charge is 0.345 e. The van der Waals surface area contributed by atoms with Crippen LogP contribution in [0.5, 0.6) is 0 Å². The van der Waals surface area contributed by atoms with Crippen molar-refractivity contribution in [2.75, 3.05) is 46.2 Å². The number of hydrogen-bond donors (Lipinski definition) is 1. The lowest BCUT2D eigenvalue weighted by atomic mass is 10.0. The molecule has 2 aromatic heterocycles. The lowest BCUT2D eigenvalue weighted by Crippen LogP contribution is -2.23. The van der Waals surface area contributed by atoms with Gasteiger partial charge in [-0.25, -0.2) is 4.79 Å². The Morgan fingerprint density at radius 2 is 1.66 bits per heavy atom. The topological polar surface area (TPSA) is 124 Å². The number of nitrogens with zero attached hydrogens (tertiary/aromatic N) is 2. The fourth-order valence-electron chi connectivity index (χ4n) is 3.09. The molecule has 0 spiro atoms. The summed E-state index contributed by atoms with van der Waals surface area (Å²) >= 11 is 0. The first kappa shape index (κ1) is 23.4. The highest BCUT2D eigenvalue weighted by atomic mass is 16.5. The van der Waals surface area contributed by atoms with E-state index in [1.54, 1.807) is 36.4 Å². The molecule has 0 atom stereocenters. The van der Waals surface area contributed by atoms with Crippen LogP contribution in [0.4, 0.5) is 0 Å². The Balaban J connectivity index is 1.65. The molecule has 32 heavy (non-hydrogen) atoms. The quantitative estimate of drug-likeness (QED) is 0.421. The molecule has 2 heterocycles. The minimum atomic E-state index is -0.593.